The lowest BCUT2D eigenvalue weighted by atomic mass is 9.82. The van der Waals surface area contributed by atoms with Gasteiger partial charge in [-0.05, 0) is 109 Å². The molecule has 4 heterocycles. The smallest absolute Gasteiger partial charge is 0.264 e. The van der Waals surface area contributed by atoms with Crippen LogP contribution in [-0.2, 0) is 31.3 Å². The average molecular weight is 836 g/mol. The number of carbonyl (C=O) groups excluding carboxylic acids is 3. The standard InChI is InChI=1S/C48H62FN5O5Si/c1-34(2)14-13-15-35(3)22-27-52-41-21-20-39(53-33-54(38-18-11-8-12-19-38)47(45(53)57)23-25-50-26-24-47)30-40(41)48(46(52)58)36(4)44(60(5,6)49)42(59-48)31-43(56)51(28-29-55)32-37-16-9-7-10-17-37/h7-12,14,16-22,30,36,42,44,50,55H,13,15,23-29,31-33H2,1-6H3/b35-22+/t36-,42+,44-,48+/m0/s1. The minimum Gasteiger partial charge on any atom is -0.395 e. The number of aliphatic hydroxyl groups is 1. The van der Waals surface area contributed by atoms with Gasteiger partial charge in [-0.3, -0.25) is 19.3 Å². The Morgan fingerprint density at radius 2 is 1.65 bits per heavy atom. The van der Waals surface area contributed by atoms with Crippen molar-refractivity contribution in [3.8, 4) is 0 Å². The van der Waals surface area contributed by atoms with Crippen LogP contribution < -0.4 is 20.0 Å². The molecule has 0 bridgehead atoms. The van der Waals surface area contributed by atoms with Crippen molar-refractivity contribution in [1.82, 2.24) is 10.2 Å². The van der Waals surface area contributed by atoms with Crippen molar-refractivity contribution >= 4 is 43.2 Å². The number of fused-ring (bicyclic) bond motifs is 2. The average Bonchev–Trinajstić information content (AvgIpc) is 3.77. The maximum Gasteiger partial charge on any atom is 0.264 e. The predicted octanol–water partition coefficient (Wildman–Crippen LogP) is 7.85. The largest absolute Gasteiger partial charge is 0.395 e. The van der Waals surface area contributed by atoms with Crippen LogP contribution in [0.2, 0.25) is 18.6 Å². The number of benzene rings is 3. The van der Waals surface area contributed by atoms with Crippen LogP contribution in [0.25, 0.3) is 0 Å². The molecule has 3 saturated heterocycles. The molecule has 7 rings (SSSR count). The van der Waals surface area contributed by atoms with Gasteiger partial charge in [-0.25, -0.2) is 0 Å². The minimum atomic E-state index is -3.61. The molecule has 0 radical (unpaired) electrons. The number of nitrogens with zero attached hydrogens (tertiary/aromatic N) is 4. The number of aliphatic hydroxyl groups excluding tert-OH is 1. The van der Waals surface area contributed by atoms with Crippen molar-refractivity contribution in [2.45, 2.75) is 102 Å². The molecule has 2 N–H and O–H groups in total. The number of para-hydroxylation sites is 1. The van der Waals surface area contributed by atoms with E-state index in [2.05, 4.69) is 43.1 Å². The SMILES string of the molecule is CC(C)=CCC/C(C)=C/CN1C(=O)[C@]2(O[C@H](CC(=O)N(CCO)Cc3ccccc3)[C@@H]([Si](C)(C)F)[C@@H]2C)c2cc(N3CN(c4ccccc4)C4(CCNCC4)C3=O)ccc21. The molecule has 0 aliphatic carbocycles. The number of allylic oxidation sites excluding steroid dienone is 3. The third-order valence-electron chi connectivity index (χ3n) is 13.2. The van der Waals surface area contributed by atoms with Crippen LogP contribution in [0.5, 0.6) is 0 Å². The van der Waals surface area contributed by atoms with Crippen molar-refractivity contribution in [3.63, 3.8) is 0 Å². The van der Waals surface area contributed by atoms with Crippen LogP contribution in [0.15, 0.2) is 102 Å². The van der Waals surface area contributed by atoms with E-state index in [0.29, 0.717) is 43.0 Å². The lowest BCUT2D eigenvalue weighted by Crippen LogP contribution is -2.55. The summed E-state index contributed by atoms with van der Waals surface area (Å²) in [5, 5.41) is 13.4. The van der Waals surface area contributed by atoms with Gasteiger partial charge in [-0.15, -0.1) is 0 Å². The highest BCUT2D eigenvalue weighted by atomic mass is 28.4. The maximum absolute atomic E-state index is 16.9. The van der Waals surface area contributed by atoms with Gasteiger partial charge in [0.25, 0.3) is 11.8 Å². The molecule has 3 aromatic rings. The van der Waals surface area contributed by atoms with E-state index in [9.17, 15) is 14.7 Å². The molecule has 3 aromatic carbocycles. The molecule has 60 heavy (non-hydrogen) atoms. The van der Waals surface area contributed by atoms with Gasteiger partial charge in [0.2, 0.25) is 14.3 Å². The molecule has 2 spiro atoms. The molecule has 4 atom stereocenters. The summed E-state index contributed by atoms with van der Waals surface area (Å²) in [5.41, 5.74) is 3.21. The second-order valence-corrected chi connectivity index (χ2v) is 21.7. The molecule has 10 nitrogen and oxygen atoms in total. The fourth-order valence-electron chi connectivity index (χ4n) is 10.2. The Hall–Kier alpha value is -4.62. The molecule has 3 fully saturated rings. The minimum absolute atomic E-state index is 0.0133. The summed E-state index contributed by atoms with van der Waals surface area (Å²) in [4.78, 5) is 51.7. The van der Waals surface area contributed by atoms with Crippen LogP contribution in [0.1, 0.15) is 70.9 Å². The molecule has 4 aliphatic rings. The zero-order valence-electron chi connectivity index (χ0n) is 36.1. The first-order valence-corrected chi connectivity index (χ1v) is 24.6. The van der Waals surface area contributed by atoms with Crippen molar-refractivity contribution in [3.05, 3.63) is 113 Å². The lowest BCUT2D eigenvalue weighted by Gasteiger charge is -2.39. The first-order valence-electron chi connectivity index (χ1n) is 21.6. The van der Waals surface area contributed by atoms with Gasteiger partial charge in [0.05, 0.1) is 31.5 Å². The number of carbonyl (C=O) groups is 3. The number of amides is 3. The highest BCUT2D eigenvalue weighted by Gasteiger charge is 2.67. The van der Waals surface area contributed by atoms with Crippen LogP contribution in [0.4, 0.5) is 21.2 Å². The second kappa shape index (κ2) is 17.8. The number of hydrogen-bond donors (Lipinski definition) is 2. The normalized spacial score (nSPS) is 23.8. The van der Waals surface area contributed by atoms with Crippen LogP contribution >= 0.6 is 0 Å². The number of hydrogen-bond acceptors (Lipinski definition) is 7. The van der Waals surface area contributed by atoms with Crippen molar-refractivity contribution in [2.75, 3.05) is 54.2 Å². The molecule has 0 saturated carbocycles. The van der Waals surface area contributed by atoms with Crippen LogP contribution in [0, 0.1) is 5.92 Å². The zero-order valence-corrected chi connectivity index (χ0v) is 37.1. The number of ether oxygens (including phenoxy) is 1. The Kier molecular flexibility index (Phi) is 12.9. The van der Waals surface area contributed by atoms with E-state index in [1.165, 1.54) is 5.57 Å². The summed E-state index contributed by atoms with van der Waals surface area (Å²) < 4.78 is 23.9. The summed E-state index contributed by atoms with van der Waals surface area (Å²) in [5.74, 6) is -1.16. The summed E-state index contributed by atoms with van der Waals surface area (Å²) in [7, 11) is -3.61. The first-order chi connectivity index (χ1) is 28.7. The van der Waals surface area contributed by atoms with E-state index >= 15 is 8.90 Å². The summed E-state index contributed by atoms with van der Waals surface area (Å²) in [6, 6.07) is 25.4. The van der Waals surface area contributed by atoms with E-state index in [-0.39, 0.29) is 43.8 Å². The first kappa shape index (κ1) is 43.5. The molecule has 12 heteroatoms. The van der Waals surface area contributed by atoms with Gasteiger partial charge in [0, 0.05) is 48.0 Å². The molecule has 0 aromatic heterocycles. The van der Waals surface area contributed by atoms with Gasteiger partial charge in [0.15, 0.2) is 5.60 Å². The third kappa shape index (κ3) is 8.23. The molecular formula is C48H62FN5O5Si. The maximum atomic E-state index is 16.9. The molecule has 4 aliphatic heterocycles. The van der Waals surface area contributed by atoms with E-state index < -0.39 is 37.1 Å². The Labute approximate surface area is 356 Å². The highest BCUT2D eigenvalue weighted by Crippen LogP contribution is 2.61. The van der Waals surface area contributed by atoms with Crippen LogP contribution in [-0.4, -0.2) is 87.2 Å². The third-order valence-corrected chi connectivity index (χ3v) is 15.7. The van der Waals surface area contributed by atoms with Crippen molar-refractivity contribution in [2.24, 2.45) is 5.92 Å². The summed E-state index contributed by atoms with van der Waals surface area (Å²) >= 11 is 0. The Morgan fingerprint density at radius 1 is 0.967 bits per heavy atom. The quantitative estimate of drug-likeness (QED) is 0.0969. The van der Waals surface area contributed by atoms with Crippen LogP contribution in [0.3, 0.4) is 0 Å². The van der Waals surface area contributed by atoms with E-state index in [0.717, 1.165) is 42.8 Å². The van der Waals surface area contributed by atoms with Gasteiger partial charge in [-0.2, -0.15) is 0 Å². The zero-order chi connectivity index (χ0) is 42.8. The number of halogens is 1. The predicted molar refractivity (Wildman–Crippen MR) is 239 cm³/mol. The highest BCUT2D eigenvalue weighted by molar-refractivity contribution is 6.72. The van der Waals surface area contributed by atoms with Gasteiger partial charge in [0.1, 0.15) is 5.54 Å². The van der Waals surface area contributed by atoms with Gasteiger partial charge in [-0.1, -0.05) is 78.8 Å². The Morgan fingerprint density at radius 3 is 2.30 bits per heavy atom. The topological polar surface area (TPSA) is 106 Å². The Balaban J connectivity index is 1.29. The summed E-state index contributed by atoms with van der Waals surface area (Å²) in [6.45, 7) is 13.7. The number of piperidine rings is 1. The van der Waals surface area contributed by atoms with Gasteiger partial charge >= 0.3 is 0 Å². The lowest BCUT2D eigenvalue weighted by molar-refractivity contribution is -0.149. The number of nitrogens with one attached hydrogen (secondary N) is 1. The number of rotatable bonds is 14. The fourth-order valence-corrected chi connectivity index (χ4v) is 12.7. The molecule has 320 valence electrons. The van der Waals surface area contributed by atoms with Crippen molar-refractivity contribution in [1.29, 1.82) is 0 Å². The number of anilines is 3. The Bertz CT molecular complexity index is 2100. The van der Waals surface area contributed by atoms with E-state index in [4.69, 9.17) is 4.74 Å². The molecular weight excluding hydrogens is 774 g/mol. The second-order valence-electron chi connectivity index (χ2n) is 17.9. The van der Waals surface area contributed by atoms with Gasteiger partial charge < -0.3 is 34.0 Å². The monoisotopic (exact) mass is 835 g/mol. The molecule has 3 amide bonds. The van der Waals surface area contributed by atoms with E-state index in [1.807, 2.05) is 90.7 Å². The van der Waals surface area contributed by atoms with E-state index in [1.54, 1.807) is 22.9 Å². The van der Waals surface area contributed by atoms with Crippen molar-refractivity contribution < 1.29 is 28.3 Å². The fraction of sp³-hybridized carbons (Fsp3) is 0.479. The summed E-state index contributed by atoms with van der Waals surface area (Å²) in [6.07, 6.45) is 6.32. The molecule has 0 unspecified atom stereocenters.